The summed E-state index contributed by atoms with van der Waals surface area (Å²) < 4.78 is 5.80. The topological polar surface area (TPSA) is 115 Å². The SMILES string of the molecule is CCOc1ccccc1N1CCN(C(=O)c2cc3c(NCCNC(C)=O)nc(-c4ccccc4)nc3[nH]2)CC1. The Balaban J connectivity index is 1.35. The van der Waals surface area contributed by atoms with Gasteiger partial charge in [0.2, 0.25) is 5.91 Å². The molecule has 2 amide bonds. The molecule has 202 valence electrons. The van der Waals surface area contributed by atoms with Gasteiger partial charge in [-0.3, -0.25) is 9.59 Å². The van der Waals surface area contributed by atoms with Crippen molar-refractivity contribution in [3.8, 4) is 17.1 Å². The minimum absolute atomic E-state index is 0.0730. The number of fused-ring (bicyclic) bond motifs is 1. The number of amides is 2. The summed E-state index contributed by atoms with van der Waals surface area (Å²) in [5, 5.41) is 6.80. The Bertz CT molecular complexity index is 1450. The van der Waals surface area contributed by atoms with E-state index in [0.717, 1.165) is 22.4 Å². The maximum absolute atomic E-state index is 13.5. The standard InChI is InChI=1S/C29H33N7O3/c1-3-39-25-12-8-7-11-24(25)35-15-17-36(18-16-35)29(38)23-19-22-27(31-14-13-30-20(2)37)33-26(34-28(22)32-23)21-9-5-4-6-10-21/h4-12,19H,3,13-18H2,1-2H3,(H,30,37)(H2,31,32,33,34). The van der Waals surface area contributed by atoms with Crippen LogP contribution in [-0.2, 0) is 4.79 Å². The van der Waals surface area contributed by atoms with E-state index in [9.17, 15) is 9.59 Å². The number of hydrogen-bond donors (Lipinski definition) is 3. The van der Waals surface area contributed by atoms with Gasteiger partial charge in [0.1, 0.15) is 22.9 Å². The van der Waals surface area contributed by atoms with E-state index >= 15 is 0 Å². The number of hydrogen-bond acceptors (Lipinski definition) is 7. The summed E-state index contributed by atoms with van der Waals surface area (Å²) in [6.07, 6.45) is 0. The molecule has 3 N–H and O–H groups in total. The number of nitrogens with one attached hydrogen (secondary N) is 3. The number of rotatable bonds is 9. The van der Waals surface area contributed by atoms with Crippen molar-refractivity contribution >= 4 is 34.4 Å². The molecule has 5 rings (SSSR count). The van der Waals surface area contributed by atoms with Gasteiger partial charge in [-0.25, -0.2) is 9.97 Å². The number of carbonyl (C=O) groups excluding carboxylic acids is 2. The third-order valence-corrected chi connectivity index (χ3v) is 6.61. The highest BCUT2D eigenvalue weighted by molar-refractivity contribution is 6.00. The van der Waals surface area contributed by atoms with E-state index in [0.29, 0.717) is 68.9 Å². The Morgan fingerprint density at radius 2 is 1.72 bits per heavy atom. The van der Waals surface area contributed by atoms with Crippen molar-refractivity contribution in [2.24, 2.45) is 0 Å². The molecular weight excluding hydrogens is 494 g/mol. The van der Waals surface area contributed by atoms with Crippen LogP contribution in [0, 0.1) is 0 Å². The van der Waals surface area contributed by atoms with Crippen molar-refractivity contribution in [1.29, 1.82) is 0 Å². The van der Waals surface area contributed by atoms with Crippen LogP contribution in [0.1, 0.15) is 24.3 Å². The number of piperazine rings is 1. The molecule has 1 aliphatic heterocycles. The van der Waals surface area contributed by atoms with Crippen molar-refractivity contribution in [2.45, 2.75) is 13.8 Å². The number of ether oxygens (including phenoxy) is 1. The lowest BCUT2D eigenvalue weighted by molar-refractivity contribution is -0.118. The summed E-state index contributed by atoms with van der Waals surface area (Å²) in [6, 6.07) is 19.5. The van der Waals surface area contributed by atoms with Crippen LogP contribution < -0.4 is 20.3 Å². The molecule has 2 aromatic heterocycles. The first-order valence-electron chi connectivity index (χ1n) is 13.2. The average Bonchev–Trinajstić information content (AvgIpc) is 3.40. The molecule has 1 fully saturated rings. The highest BCUT2D eigenvalue weighted by Crippen LogP contribution is 2.30. The van der Waals surface area contributed by atoms with Crippen LogP contribution in [0.15, 0.2) is 60.7 Å². The molecular formula is C29H33N7O3. The number of nitrogens with zero attached hydrogens (tertiary/aromatic N) is 4. The van der Waals surface area contributed by atoms with Crippen LogP contribution in [0.4, 0.5) is 11.5 Å². The van der Waals surface area contributed by atoms with E-state index in [1.807, 2.05) is 66.4 Å². The molecule has 10 heteroatoms. The first-order chi connectivity index (χ1) is 19.0. The van der Waals surface area contributed by atoms with Crippen molar-refractivity contribution < 1.29 is 14.3 Å². The Labute approximate surface area is 227 Å². The molecule has 1 saturated heterocycles. The molecule has 0 radical (unpaired) electrons. The molecule has 1 aliphatic rings. The Morgan fingerprint density at radius 1 is 0.974 bits per heavy atom. The summed E-state index contributed by atoms with van der Waals surface area (Å²) in [6.45, 7) is 7.62. The first-order valence-corrected chi connectivity index (χ1v) is 13.2. The van der Waals surface area contributed by atoms with Gasteiger partial charge in [-0.15, -0.1) is 0 Å². The lowest BCUT2D eigenvalue weighted by Crippen LogP contribution is -2.49. The van der Waals surface area contributed by atoms with E-state index in [-0.39, 0.29) is 11.8 Å². The zero-order valence-electron chi connectivity index (χ0n) is 22.2. The Hall–Kier alpha value is -4.60. The second-order valence-electron chi connectivity index (χ2n) is 9.30. The number of carbonyl (C=O) groups is 2. The lowest BCUT2D eigenvalue weighted by atomic mass is 10.2. The Morgan fingerprint density at radius 3 is 2.46 bits per heavy atom. The van der Waals surface area contributed by atoms with Crippen molar-refractivity contribution in [3.05, 3.63) is 66.4 Å². The van der Waals surface area contributed by atoms with Gasteiger partial charge >= 0.3 is 0 Å². The van der Waals surface area contributed by atoms with Crippen LogP contribution in [0.5, 0.6) is 5.75 Å². The van der Waals surface area contributed by atoms with Crippen LogP contribution in [-0.4, -0.2) is 77.5 Å². The molecule has 4 aromatic rings. The monoisotopic (exact) mass is 527 g/mol. The van der Waals surface area contributed by atoms with Crippen LogP contribution in [0.25, 0.3) is 22.4 Å². The number of H-pyrrole nitrogens is 1. The molecule has 0 saturated carbocycles. The summed E-state index contributed by atoms with van der Waals surface area (Å²) in [5.41, 5.74) is 2.97. The summed E-state index contributed by atoms with van der Waals surface area (Å²) >= 11 is 0. The van der Waals surface area contributed by atoms with Gasteiger partial charge in [0.25, 0.3) is 5.91 Å². The van der Waals surface area contributed by atoms with Crippen LogP contribution in [0.2, 0.25) is 0 Å². The lowest BCUT2D eigenvalue weighted by Gasteiger charge is -2.36. The molecule has 0 bridgehead atoms. The predicted octanol–water partition coefficient (Wildman–Crippen LogP) is 3.53. The quantitative estimate of drug-likeness (QED) is 0.285. The highest BCUT2D eigenvalue weighted by Gasteiger charge is 2.25. The zero-order valence-corrected chi connectivity index (χ0v) is 22.2. The molecule has 0 atom stereocenters. The second-order valence-corrected chi connectivity index (χ2v) is 9.30. The third kappa shape index (κ3) is 5.95. The largest absolute Gasteiger partial charge is 0.492 e. The van der Waals surface area contributed by atoms with Gasteiger partial charge in [0.05, 0.1) is 17.7 Å². The number of anilines is 2. The van der Waals surface area contributed by atoms with Crippen LogP contribution in [0.3, 0.4) is 0 Å². The number of aromatic nitrogens is 3. The third-order valence-electron chi connectivity index (χ3n) is 6.61. The van der Waals surface area contributed by atoms with Gasteiger partial charge < -0.3 is 30.2 Å². The van der Waals surface area contributed by atoms with Crippen molar-refractivity contribution in [3.63, 3.8) is 0 Å². The van der Waals surface area contributed by atoms with Gasteiger partial charge in [-0.1, -0.05) is 42.5 Å². The zero-order chi connectivity index (χ0) is 27.2. The molecule has 10 nitrogen and oxygen atoms in total. The normalized spacial score (nSPS) is 13.4. The fourth-order valence-corrected chi connectivity index (χ4v) is 4.71. The maximum atomic E-state index is 13.5. The minimum Gasteiger partial charge on any atom is -0.492 e. The fraction of sp³-hybridized carbons (Fsp3) is 0.310. The molecule has 0 unspecified atom stereocenters. The number of aromatic amines is 1. The van der Waals surface area contributed by atoms with E-state index in [1.54, 1.807) is 0 Å². The second kappa shape index (κ2) is 11.8. The first kappa shape index (κ1) is 26.0. The summed E-state index contributed by atoms with van der Waals surface area (Å²) in [4.78, 5) is 41.6. The fourth-order valence-electron chi connectivity index (χ4n) is 4.71. The van der Waals surface area contributed by atoms with Gasteiger partial charge in [-0.2, -0.15) is 0 Å². The molecule has 0 spiro atoms. The maximum Gasteiger partial charge on any atom is 0.270 e. The molecule has 2 aromatic carbocycles. The van der Waals surface area contributed by atoms with Crippen LogP contribution >= 0.6 is 0 Å². The van der Waals surface area contributed by atoms with E-state index in [4.69, 9.17) is 14.7 Å². The van der Waals surface area contributed by atoms with E-state index < -0.39 is 0 Å². The average molecular weight is 528 g/mol. The smallest absolute Gasteiger partial charge is 0.270 e. The summed E-state index contributed by atoms with van der Waals surface area (Å²) in [5.74, 6) is 1.85. The molecule has 39 heavy (non-hydrogen) atoms. The van der Waals surface area contributed by atoms with Crippen molar-refractivity contribution in [1.82, 2.24) is 25.2 Å². The summed E-state index contributed by atoms with van der Waals surface area (Å²) in [7, 11) is 0. The molecule has 3 heterocycles. The van der Waals surface area contributed by atoms with Gasteiger partial charge in [0, 0.05) is 51.8 Å². The number of benzene rings is 2. The van der Waals surface area contributed by atoms with E-state index in [2.05, 4.69) is 26.6 Å². The highest BCUT2D eigenvalue weighted by atomic mass is 16.5. The molecule has 0 aliphatic carbocycles. The van der Waals surface area contributed by atoms with Gasteiger partial charge in [-0.05, 0) is 25.1 Å². The minimum atomic E-state index is -0.0920. The van der Waals surface area contributed by atoms with Crippen molar-refractivity contribution in [2.75, 3.05) is 56.1 Å². The predicted molar refractivity (Wildman–Crippen MR) is 152 cm³/mol. The van der Waals surface area contributed by atoms with Gasteiger partial charge in [0.15, 0.2) is 5.82 Å². The number of para-hydroxylation sites is 2. The Kier molecular flexibility index (Phi) is 7.91. The van der Waals surface area contributed by atoms with E-state index in [1.165, 1.54) is 6.92 Å².